The fraction of sp³-hybridized carbons (Fsp3) is 0.214. The van der Waals surface area contributed by atoms with E-state index in [9.17, 15) is 23.7 Å². The van der Waals surface area contributed by atoms with E-state index < -0.39 is 23.6 Å². The Labute approximate surface area is 128 Å². The molecule has 1 heterocycles. The first-order chi connectivity index (χ1) is 10.3. The molecule has 1 aromatic carbocycles. The second-order valence-electron chi connectivity index (χ2n) is 4.56. The maximum Gasteiger partial charge on any atom is 0.416 e. The summed E-state index contributed by atoms with van der Waals surface area (Å²) in [5.41, 5.74) is 4.99. The molecule has 1 aliphatic heterocycles. The van der Waals surface area contributed by atoms with Crippen molar-refractivity contribution in [3.8, 4) is 12.1 Å². The summed E-state index contributed by atoms with van der Waals surface area (Å²) in [4.78, 5) is 0. The number of rotatable bonds is 1. The van der Waals surface area contributed by atoms with Crippen LogP contribution in [0.4, 0.5) is 13.2 Å². The number of alkyl halides is 3. The summed E-state index contributed by atoms with van der Waals surface area (Å²) in [6.45, 7) is 0. The Morgan fingerprint density at radius 3 is 2.50 bits per heavy atom. The number of nitrogens with one attached hydrogen (secondary N) is 1. The summed E-state index contributed by atoms with van der Waals surface area (Å²) in [7, 11) is 0. The van der Waals surface area contributed by atoms with E-state index in [0.717, 1.165) is 23.9 Å². The first kappa shape index (κ1) is 15.9. The number of nitrogens with two attached hydrogens (primary N) is 1. The van der Waals surface area contributed by atoms with E-state index >= 15 is 0 Å². The lowest BCUT2D eigenvalue weighted by atomic mass is 9.81. The fourth-order valence-corrected chi connectivity index (χ4v) is 3.07. The van der Waals surface area contributed by atoms with Crippen LogP contribution in [0, 0.1) is 34.0 Å². The number of hydrogen-bond acceptors (Lipinski definition) is 5. The van der Waals surface area contributed by atoms with Crippen LogP contribution in [-0.4, -0.2) is 5.04 Å². The van der Waals surface area contributed by atoms with Crippen molar-refractivity contribution in [2.75, 3.05) is 0 Å². The maximum atomic E-state index is 12.8. The molecule has 0 aromatic heterocycles. The van der Waals surface area contributed by atoms with Gasteiger partial charge >= 0.3 is 6.18 Å². The molecule has 8 heteroatoms. The molecule has 1 aliphatic rings. The van der Waals surface area contributed by atoms with Crippen molar-refractivity contribution in [1.29, 1.82) is 15.9 Å². The van der Waals surface area contributed by atoms with Gasteiger partial charge in [0, 0.05) is 5.92 Å². The number of hydrogen-bond donors (Lipinski definition) is 2. The average molecular weight is 322 g/mol. The van der Waals surface area contributed by atoms with Gasteiger partial charge in [0.15, 0.2) is 0 Å². The van der Waals surface area contributed by atoms with Gasteiger partial charge in [0.05, 0.1) is 33.3 Å². The molecule has 112 valence electrons. The van der Waals surface area contributed by atoms with Gasteiger partial charge in [-0.2, -0.15) is 23.7 Å². The summed E-state index contributed by atoms with van der Waals surface area (Å²) in [6, 6.07) is 8.14. The van der Waals surface area contributed by atoms with Crippen molar-refractivity contribution in [3.05, 3.63) is 46.0 Å². The Morgan fingerprint density at radius 1 is 1.27 bits per heavy atom. The molecule has 0 aliphatic carbocycles. The number of thioether (sulfide) groups is 1. The van der Waals surface area contributed by atoms with Gasteiger partial charge in [-0.15, -0.1) is 0 Å². The molecule has 0 saturated heterocycles. The Morgan fingerprint density at radius 2 is 1.95 bits per heavy atom. The number of benzene rings is 1. The summed E-state index contributed by atoms with van der Waals surface area (Å²) in [5.74, 6) is -2.00. The molecule has 4 nitrogen and oxygen atoms in total. The lowest BCUT2D eigenvalue weighted by molar-refractivity contribution is -0.137. The van der Waals surface area contributed by atoms with E-state index in [4.69, 9.17) is 11.1 Å². The molecule has 0 fully saturated rings. The van der Waals surface area contributed by atoms with Crippen LogP contribution in [0.15, 0.2) is 34.9 Å². The molecular weight excluding hydrogens is 313 g/mol. The van der Waals surface area contributed by atoms with Crippen LogP contribution in [0.25, 0.3) is 0 Å². The van der Waals surface area contributed by atoms with Crippen LogP contribution >= 0.6 is 11.8 Å². The van der Waals surface area contributed by atoms with Gasteiger partial charge in [-0.3, -0.25) is 5.41 Å². The highest BCUT2D eigenvalue weighted by molar-refractivity contribution is 8.17. The normalized spacial score (nSPS) is 22.1. The number of halogens is 3. The maximum absolute atomic E-state index is 12.8. The van der Waals surface area contributed by atoms with Crippen molar-refractivity contribution in [2.45, 2.75) is 12.1 Å². The van der Waals surface area contributed by atoms with Crippen LogP contribution in [0.2, 0.25) is 0 Å². The Bertz CT molecular complexity index is 740. The number of allylic oxidation sites excluding steroid dienone is 1. The monoisotopic (exact) mass is 322 g/mol. The van der Waals surface area contributed by atoms with Gasteiger partial charge < -0.3 is 5.73 Å². The molecule has 0 bridgehead atoms. The zero-order valence-corrected chi connectivity index (χ0v) is 11.8. The SMILES string of the molecule is N#CC1=C(N)SC(=N)[C@H](C#N)[C@H]1c1cccc(C(F)(F)F)c1. The highest BCUT2D eigenvalue weighted by Crippen LogP contribution is 2.43. The van der Waals surface area contributed by atoms with Crippen LogP contribution < -0.4 is 5.73 Å². The van der Waals surface area contributed by atoms with E-state index in [1.165, 1.54) is 12.1 Å². The van der Waals surface area contributed by atoms with Crippen molar-refractivity contribution >= 4 is 16.8 Å². The van der Waals surface area contributed by atoms with Crippen LogP contribution in [0.3, 0.4) is 0 Å². The van der Waals surface area contributed by atoms with Crippen molar-refractivity contribution in [1.82, 2.24) is 0 Å². The minimum absolute atomic E-state index is 0.0203. The predicted octanol–water partition coefficient (Wildman–Crippen LogP) is 3.35. The summed E-state index contributed by atoms with van der Waals surface area (Å²) < 4.78 is 38.5. The molecular formula is C14H9F3N4S. The first-order valence-corrected chi connectivity index (χ1v) is 6.84. The lowest BCUT2D eigenvalue weighted by Crippen LogP contribution is -2.27. The Balaban J connectivity index is 2.62. The van der Waals surface area contributed by atoms with Crippen LogP contribution in [0.1, 0.15) is 17.0 Å². The van der Waals surface area contributed by atoms with Crippen molar-refractivity contribution in [3.63, 3.8) is 0 Å². The third-order valence-corrected chi connectivity index (χ3v) is 4.16. The van der Waals surface area contributed by atoms with Crippen LogP contribution in [-0.2, 0) is 6.18 Å². The predicted molar refractivity (Wildman–Crippen MR) is 75.4 cm³/mol. The number of nitriles is 2. The second-order valence-corrected chi connectivity index (χ2v) is 5.65. The van der Waals surface area contributed by atoms with Crippen molar-refractivity contribution < 1.29 is 13.2 Å². The third kappa shape index (κ3) is 2.78. The summed E-state index contributed by atoms with van der Waals surface area (Å²) in [5, 5.41) is 26.2. The quantitative estimate of drug-likeness (QED) is 0.828. The summed E-state index contributed by atoms with van der Waals surface area (Å²) in [6.07, 6.45) is -4.53. The van der Waals surface area contributed by atoms with Gasteiger partial charge in [-0.1, -0.05) is 30.0 Å². The van der Waals surface area contributed by atoms with Gasteiger partial charge in [0.25, 0.3) is 0 Å². The van der Waals surface area contributed by atoms with E-state index in [1.807, 2.05) is 12.1 Å². The van der Waals surface area contributed by atoms with Gasteiger partial charge in [0.1, 0.15) is 5.92 Å². The van der Waals surface area contributed by atoms with Gasteiger partial charge in [0.2, 0.25) is 0 Å². The van der Waals surface area contributed by atoms with Crippen LogP contribution in [0.5, 0.6) is 0 Å². The Hall–Kier alpha value is -2.45. The molecule has 22 heavy (non-hydrogen) atoms. The van der Waals surface area contributed by atoms with E-state index in [1.54, 1.807) is 0 Å². The fourth-order valence-electron chi connectivity index (χ4n) is 2.23. The molecule has 1 aromatic rings. The molecule has 2 rings (SSSR count). The zero-order valence-electron chi connectivity index (χ0n) is 11.0. The van der Waals surface area contributed by atoms with E-state index in [0.29, 0.717) is 0 Å². The second kappa shape index (κ2) is 5.74. The zero-order chi connectivity index (χ0) is 16.5. The summed E-state index contributed by atoms with van der Waals surface area (Å²) >= 11 is 0.788. The standard InChI is InChI=1S/C14H9F3N4S/c15-14(16,17)8-3-1-2-7(4-8)11-9(5-18)12(20)22-13(21)10(11)6-19/h1-4,9,11,20H,21H2/t9-,11-/m1/s1. The smallest absolute Gasteiger partial charge is 0.392 e. The molecule has 0 saturated carbocycles. The molecule has 0 radical (unpaired) electrons. The average Bonchev–Trinajstić information content (AvgIpc) is 2.46. The van der Waals surface area contributed by atoms with Crippen molar-refractivity contribution in [2.24, 2.45) is 11.7 Å². The first-order valence-electron chi connectivity index (χ1n) is 6.02. The molecule has 0 unspecified atom stereocenters. The van der Waals surface area contributed by atoms with E-state index in [-0.39, 0.29) is 21.2 Å². The van der Waals surface area contributed by atoms with Gasteiger partial charge in [-0.05, 0) is 11.6 Å². The Kier molecular flexibility index (Phi) is 4.16. The lowest BCUT2D eigenvalue weighted by Gasteiger charge is -2.28. The topological polar surface area (TPSA) is 97.4 Å². The van der Waals surface area contributed by atoms with E-state index in [2.05, 4.69) is 0 Å². The highest BCUT2D eigenvalue weighted by atomic mass is 32.2. The molecule has 0 amide bonds. The minimum Gasteiger partial charge on any atom is -0.392 e. The molecule has 0 spiro atoms. The number of nitrogens with zero attached hydrogens (tertiary/aromatic N) is 2. The van der Waals surface area contributed by atoms with Gasteiger partial charge in [-0.25, -0.2) is 0 Å². The largest absolute Gasteiger partial charge is 0.416 e. The molecule has 3 N–H and O–H groups in total. The third-order valence-electron chi connectivity index (χ3n) is 3.24. The highest BCUT2D eigenvalue weighted by Gasteiger charge is 2.38. The molecule has 2 atom stereocenters. The minimum atomic E-state index is -4.53.